The monoisotopic (exact) mass is 273 g/mol. The molecule has 0 fully saturated rings. The number of thiocarbonyl (C=S) groups is 1. The van der Waals surface area contributed by atoms with Gasteiger partial charge in [0.1, 0.15) is 0 Å². The predicted octanol–water partition coefficient (Wildman–Crippen LogP) is 1.48. The lowest BCUT2D eigenvalue weighted by Crippen LogP contribution is -2.28. The first-order valence-electron chi connectivity index (χ1n) is 4.65. The molecular formula is C10H12ClN3O2S. The number of hydrogen-bond acceptors (Lipinski definition) is 4. The SMILES string of the molecule is CNC(=S)N/N=C/c1cc(Cl)c(O)c(OC)c1. The van der Waals surface area contributed by atoms with Gasteiger partial charge in [-0.3, -0.25) is 5.43 Å². The van der Waals surface area contributed by atoms with E-state index in [9.17, 15) is 5.11 Å². The highest BCUT2D eigenvalue weighted by atomic mass is 35.5. The van der Waals surface area contributed by atoms with Gasteiger partial charge >= 0.3 is 0 Å². The maximum atomic E-state index is 9.53. The summed E-state index contributed by atoms with van der Waals surface area (Å²) < 4.78 is 4.96. The standard InChI is InChI=1S/C10H12ClN3O2S/c1-12-10(17)14-13-5-6-3-7(11)9(15)8(4-6)16-2/h3-5,15H,1-2H3,(H2,12,14,17)/b13-5+. The van der Waals surface area contributed by atoms with Gasteiger partial charge in [-0.15, -0.1) is 0 Å². The summed E-state index contributed by atoms with van der Waals surface area (Å²) in [4.78, 5) is 0. The van der Waals surface area contributed by atoms with Crippen LogP contribution in [-0.4, -0.2) is 30.6 Å². The van der Waals surface area contributed by atoms with Gasteiger partial charge in [0, 0.05) is 7.05 Å². The van der Waals surface area contributed by atoms with E-state index >= 15 is 0 Å². The van der Waals surface area contributed by atoms with Gasteiger partial charge < -0.3 is 15.2 Å². The van der Waals surface area contributed by atoms with Crippen molar-refractivity contribution in [2.75, 3.05) is 14.2 Å². The smallest absolute Gasteiger partial charge is 0.186 e. The Bertz CT molecular complexity index is 451. The van der Waals surface area contributed by atoms with Gasteiger partial charge in [0.05, 0.1) is 18.3 Å². The summed E-state index contributed by atoms with van der Waals surface area (Å²) in [6.45, 7) is 0. The zero-order valence-corrected chi connectivity index (χ0v) is 10.9. The number of halogens is 1. The normalized spacial score (nSPS) is 10.3. The van der Waals surface area contributed by atoms with Gasteiger partial charge in [-0.05, 0) is 29.9 Å². The molecule has 0 aliphatic heterocycles. The molecule has 0 aliphatic rings. The van der Waals surface area contributed by atoms with E-state index in [-0.39, 0.29) is 16.5 Å². The lowest BCUT2D eigenvalue weighted by atomic mass is 10.2. The minimum absolute atomic E-state index is 0.0926. The fraction of sp³-hybridized carbons (Fsp3) is 0.200. The molecule has 1 aromatic rings. The van der Waals surface area contributed by atoms with Crippen LogP contribution in [0.15, 0.2) is 17.2 Å². The summed E-state index contributed by atoms with van der Waals surface area (Å²) in [5.41, 5.74) is 3.27. The fourth-order valence-corrected chi connectivity index (χ4v) is 1.32. The molecule has 0 aliphatic carbocycles. The van der Waals surface area contributed by atoms with Crippen LogP contribution in [0.5, 0.6) is 11.5 Å². The van der Waals surface area contributed by atoms with E-state index < -0.39 is 0 Å². The molecule has 0 saturated carbocycles. The summed E-state index contributed by atoms with van der Waals surface area (Å²) >= 11 is 10.7. The van der Waals surface area contributed by atoms with E-state index in [1.807, 2.05) is 0 Å². The van der Waals surface area contributed by atoms with Crippen molar-refractivity contribution in [2.45, 2.75) is 0 Å². The number of benzene rings is 1. The van der Waals surface area contributed by atoms with E-state index in [2.05, 4.69) is 15.8 Å². The number of aromatic hydroxyl groups is 1. The molecule has 92 valence electrons. The molecule has 0 saturated heterocycles. The van der Waals surface area contributed by atoms with Crippen molar-refractivity contribution in [2.24, 2.45) is 5.10 Å². The Balaban J connectivity index is 2.85. The number of hydrazone groups is 1. The van der Waals surface area contributed by atoms with Crippen molar-refractivity contribution in [3.8, 4) is 11.5 Å². The molecule has 0 aromatic heterocycles. The minimum atomic E-state index is -0.0926. The third-order valence-electron chi connectivity index (χ3n) is 1.88. The van der Waals surface area contributed by atoms with Gasteiger partial charge in [0.25, 0.3) is 0 Å². The Labute approximate surface area is 109 Å². The molecule has 0 spiro atoms. The Morgan fingerprint density at radius 3 is 2.88 bits per heavy atom. The van der Waals surface area contributed by atoms with Gasteiger partial charge in [-0.25, -0.2) is 0 Å². The quantitative estimate of drug-likeness (QED) is 0.442. The van der Waals surface area contributed by atoms with Crippen LogP contribution >= 0.6 is 23.8 Å². The number of hydrogen-bond donors (Lipinski definition) is 3. The molecular weight excluding hydrogens is 262 g/mol. The summed E-state index contributed by atoms with van der Waals surface area (Å²) in [6.07, 6.45) is 1.51. The molecule has 0 atom stereocenters. The van der Waals surface area contributed by atoms with Crippen LogP contribution in [0.2, 0.25) is 5.02 Å². The Morgan fingerprint density at radius 1 is 1.59 bits per heavy atom. The first-order valence-corrected chi connectivity index (χ1v) is 5.44. The maximum absolute atomic E-state index is 9.53. The lowest BCUT2D eigenvalue weighted by Gasteiger charge is -2.06. The number of ether oxygens (including phenoxy) is 1. The molecule has 0 heterocycles. The molecule has 0 bridgehead atoms. The molecule has 1 rings (SSSR count). The summed E-state index contributed by atoms with van der Waals surface area (Å²) in [5.74, 6) is 0.195. The summed E-state index contributed by atoms with van der Waals surface area (Å²) in [7, 11) is 3.13. The van der Waals surface area contributed by atoms with Gasteiger partial charge in [0.15, 0.2) is 16.6 Å². The number of phenols is 1. The number of rotatable bonds is 3. The third-order valence-corrected chi connectivity index (χ3v) is 2.46. The van der Waals surface area contributed by atoms with Crippen molar-refractivity contribution >= 4 is 35.1 Å². The maximum Gasteiger partial charge on any atom is 0.186 e. The second-order valence-corrected chi connectivity index (χ2v) is 3.82. The molecule has 5 nitrogen and oxygen atoms in total. The molecule has 7 heteroatoms. The highest BCUT2D eigenvalue weighted by Crippen LogP contribution is 2.34. The topological polar surface area (TPSA) is 65.9 Å². The molecule has 17 heavy (non-hydrogen) atoms. The average Bonchev–Trinajstić information content (AvgIpc) is 2.33. The number of nitrogens with zero attached hydrogens (tertiary/aromatic N) is 1. The van der Waals surface area contributed by atoms with Crippen LogP contribution in [0.4, 0.5) is 0 Å². The molecule has 0 unspecified atom stereocenters. The highest BCUT2D eigenvalue weighted by molar-refractivity contribution is 7.80. The van der Waals surface area contributed by atoms with Gasteiger partial charge in [-0.1, -0.05) is 11.6 Å². The Morgan fingerprint density at radius 2 is 2.29 bits per heavy atom. The fourth-order valence-electron chi connectivity index (χ4n) is 1.05. The van der Waals surface area contributed by atoms with Crippen LogP contribution in [0.3, 0.4) is 0 Å². The number of nitrogens with one attached hydrogen (secondary N) is 2. The van der Waals surface area contributed by atoms with E-state index in [1.165, 1.54) is 13.3 Å². The van der Waals surface area contributed by atoms with Crippen molar-refractivity contribution in [3.63, 3.8) is 0 Å². The lowest BCUT2D eigenvalue weighted by molar-refractivity contribution is 0.373. The van der Waals surface area contributed by atoms with Crippen LogP contribution in [-0.2, 0) is 0 Å². The minimum Gasteiger partial charge on any atom is -0.503 e. The Hall–Kier alpha value is -1.53. The zero-order chi connectivity index (χ0) is 12.8. The van der Waals surface area contributed by atoms with Crippen LogP contribution in [0.25, 0.3) is 0 Å². The molecule has 3 N–H and O–H groups in total. The van der Waals surface area contributed by atoms with Gasteiger partial charge in [-0.2, -0.15) is 5.10 Å². The molecule has 1 aromatic carbocycles. The van der Waals surface area contributed by atoms with Crippen LogP contribution < -0.4 is 15.5 Å². The summed E-state index contributed by atoms with van der Waals surface area (Å²) in [6, 6.07) is 3.17. The number of phenolic OH excluding ortho intramolecular Hbond substituents is 1. The first kappa shape index (κ1) is 13.5. The largest absolute Gasteiger partial charge is 0.503 e. The van der Waals surface area contributed by atoms with E-state index in [0.29, 0.717) is 10.7 Å². The van der Waals surface area contributed by atoms with E-state index in [0.717, 1.165) is 0 Å². The summed E-state index contributed by atoms with van der Waals surface area (Å²) in [5, 5.41) is 16.7. The van der Waals surface area contributed by atoms with Crippen molar-refractivity contribution in [1.82, 2.24) is 10.7 Å². The molecule has 0 amide bonds. The van der Waals surface area contributed by atoms with Crippen molar-refractivity contribution in [3.05, 3.63) is 22.7 Å². The van der Waals surface area contributed by atoms with E-state index in [4.69, 9.17) is 28.6 Å². The van der Waals surface area contributed by atoms with Crippen molar-refractivity contribution < 1.29 is 9.84 Å². The predicted molar refractivity (Wildman–Crippen MR) is 72.1 cm³/mol. The van der Waals surface area contributed by atoms with Crippen molar-refractivity contribution in [1.29, 1.82) is 0 Å². The van der Waals surface area contributed by atoms with E-state index in [1.54, 1.807) is 19.2 Å². The van der Waals surface area contributed by atoms with Gasteiger partial charge in [0.2, 0.25) is 0 Å². The second-order valence-electron chi connectivity index (χ2n) is 3.00. The third kappa shape index (κ3) is 3.76. The second kappa shape index (κ2) is 6.27. The first-order chi connectivity index (χ1) is 8.08. The highest BCUT2D eigenvalue weighted by Gasteiger charge is 2.07. The van der Waals surface area contributed by atoms with Crippen LogP contribution in [0.1, 0.15) is 5.56 Å². The zero-order valence-electron chi connectivity index (χ0n) is 9.32. The van der Waals surface area contributed by atoms with Crippen LogP contribution in [0, 0.1) is 0 Å². The number of methoxy groups -OCH3 is 1. The Kier molecular flexibility index (Phi) is 4.99. The molecule has 0 radical (unpaired) electrons. The average molecular weight is 274 g/mol.